The molecular formula is C23H30N3O3S+. The average molecular weight is 429 g/mol. The fourth-order valence-corrected chi connectivity index (χ4v) is 4.61. The van der Waals surface area contributed by atoms with Crippen LogP contribution in [0.4, 0.5) is 11.4 Å². The van der Waals surface area contributed by atoms with Crippen molar-refractivity contribution in [1.29, 1.82) is 0 Å². The molecule has 1 aliphatic heterocycles. The molecule has 0 spiro atoms. The highest BCUT2D eigenvalue weighted by atomic mass is 32.2. The van der Waals surface area contributed by atoms with E-state index in [0.717, 1.165) is 21.9 Å². The Morgan fingerprint density at radius 2 is 2.00 bits per heavy atom. The Balaban J connectivity index is 1.63. The maximum absolute atomic E-state index is 13.2. The molecule has 6 nitrogen and oxygen atoms in total. The van der Waals surface area contributed by atoms with Crippen molar-refractivity contribution in [2.75, 3.05) is 43.5 Å². The summed E-state index contributed by atoms with van der Waals surface area (Å²) in [6.07, 6.45) is 0.947. The lowest BCUT2D eigenvalue weighted by Crippen LogP contribution is -3.14. The molecule has 7 heteroatoms. The van der Waals surface area contributed by atoms with E-state index in [1.54, 1.807) is 13.2 Å². The third-order valence-electron chi connectivity index (χ3n) is 5.21. The van der Waals surface area contributed by atoms with E-state index in [-0.39, 0.29) is 24.9 Å². The second-order valence-electron chi connectivity index (χ2n) is 7.47. The van der Waals surface area contributed by atoms with Crippen LogP contribution in [0.25, 0.3) is 0 Å². The first-order chi connectivity index (χ1) is 14.5. The van der Waals surface area contributed by atoms with E-state index in [1.807, 2.05) is 60.0 Å². The van der Waals surface area contributed by atoms with Gasteiger partial charge in [0, 0.05) is 28.4 Å². The fourth-order valence-electron chi connectivity index (χ4n) is 3.50. The minimum Gasteiger partial charge on any atom is -0.497 e. The number of hydrogen-bond acceptors (Lipinski definition) is 4. The summed E-state index contributed by atoms with van der Waals surface area (Å²) < 4.78 is 5.20. The van der Waals surface area contributed by atoms with Crippen molar-refractivity contribution in [2.24, 2.45) is 0 Å². The largest absolute Gasteiger partial charge is 0.497 e. The molecule has 0 aliphatic carbocycles. The molecule has 1 heterocycles. The molecule has 2 N–H and O–H groups in total. The summed E-state index contributed by atoms with van der Waals surface area (Å²) in [7, 11) is 1.59. The normalized spacial score (nSPS) is 16.9. The van der Waals surface area contributed by atoms with Crippen LogP contribution in [0.2, 0.25) is 0 Å². The van der Waals surface area contributed by atoms with Crippen LogP contribution >= 0.6 is 11.8 Å². The number of carbonyl (C=O) groups is 2. The number of carbonyl (C=O) groups excluding carboxylic acids is 2. The van der Waals surface area contributed by atoms with E-state index in [2.05, 4.69) is 18.3 Å². The predicted molar refractivity (Wildman–Crippen MR) is 122 cm³/mol. The summed E-state index contributed by atoms with van der Waals surface area (Å²) in [6, 6.07) is 15.3. The van der Waals surface area contributed by atoms with Crippen molar-refractivity contribution >= 4 is 35.0 Å². The number of methoxy groups -OCH3 is 1. The van der Waals surface area contributed by atoms with Gasteiger partial charge in [-0.25, -0.2) is 0 Å². The molecule has 1 unspecified atom stereocenters. The number of nitrogens with one attached hydrogen (secondary N) is 2. The summed E-state index contributed by atoms with van der Waals surface area (Å²) in [5.41, 5.74) is 1.67. The van der Waals surface area contributed by atoms with Crippen LogP contribution < -0.4 is 19.9 Å². The minimum absolute atomic E-state index is 0.0585. The van der Waals surface area contributed by atoms with Gasteiger partial charge < -0.3 is 19.9 Å². The van der Waals surface area contributed by atoms with Crippen molar-refractivity contribution in [1.82, 2.24) is 0 Å². The maximum Gasteiger partial charge on any atom is 0.282 e. The molecule has 2 aromatic carbocycles. The van der Waals surface area contributed by atoms with Crippen molar-refractivity contribution in [3.8, 4) is 5.75 Å². The highest BCUT2D eigenvalue weighted by molar-refractivity contribution is 8.00. The lowest BCUT2D eigenvalue weighted by Gasteiger charge is -2.25. The number of amides is 2. The van der Waals surface area contributed by atoms with Gasteiger partial charge in [-0.15, -0.1) is 11.8 Å². The summed E-state index contributed by atoms with van der Waals surface area (Å²) in [6.45, 7) is 6.11. The van der Waals surface area contributed by atoms with E-state index in [1.165, 1.54) is 0 Å². The Hall–Kier alpha value is -2.51. The van der Waals surface area contributed by atoms with E-state index in [0.29, 0.717) is 29.8 Å². The van der Waals surface area contributed by atoms with Gasteiger partial charge >= 0.3 is 0 Å². The number of rotatable bonds is 7. The molecule has 3 rings (SSSR count). The average Bonchev–Trinajstić information content (AvgIpc) is 2.91. The number of fused-ring (bicyclic) bond motifs is 1. The Kier molecular flexibility index (Phi) is 7.76. The van der Waals surface area contributed by atoms with Crippen LogP contribution in [0.15, 0.2) is 53.4 Å². The molecular weight excluding hydrogens is 398 g/mol. The number of quaternary nitrogens is 1. The molecule has 2 amide bonds. The van der Waals surface area contributed by atoms with Crippen LogP contribution in [0, 0.1) is 0 Å². The Morgan fingerprint density at radius 3 is 2.77 bits per heavy atom. The number of thioether (sulfide) groups is 1. The van der Waals surface area contributed by atoms with E-state index in [9.17, 15) is 9.59 Å². The SMILES string of the molecule is CC[NH+](CC(=O)Nc1cccc(OC)c1)CC(=O)N1CC[C@@H](C)Sc2ccccc21. The van der Waals surface area contributed by atoms with Gasteiger partial charge in [-0.3, -0.25) is 9.59 Å². The molecule has 1 aliphatic rings. The second-order valence-corrected chi connectivity index (χ2v) is 8.95. The van der Waals surface area contributed by atoms with Gasteiger partial charge in [-0.2, -0.15) is 0 Å². The first kappa shape index (κ1) is 22.2. The molecule has 0 saturated carbocycles. The zero-order valence-electron chi connectivity index (χ0n) is 17.8. The summed E-state index contributed by atoms with van der Waals surface area (Å²) in [5, 5.41) is 3.36. The molecule has 0 fully saturated rings. The molecule has 160 valence electrons. The minimum atomic E-state index is -0.117. The standard InChI is InChI=1S/C23H29N3O3S/c1-4-25(15-22(27)24-18-8-7-9-19(14-18)29-3)16-23(28)26-13-12-17(2)30-21-11-6-5-10-20(21)26/h5-11,14,17H,4,12-13,15-16H2,1-3H3,(H,24,27)/p+1/t17-/m1/s1. The number of nitrogens with zero attached hydrogens (tertiary/aromatic N) is 1. The van der Waals surface area contributed by atoms with Crippen LogP contribution in [-0.4, -0.2) is 50.4 Å². The number of benzene rings is 2. The molecule has 2 aromatic rings. The van der Waals surface area contributed by atoms with Crippen LogP contribution in [0.5, 0.6) is 5.75 Å². The van der Waals surface area contributed by atoms with Crippen molar-refractivity contribution < 1.29 is 19.2 Å². The summed E-state index contributed by atoms with van der Waals surface area (Å²) in [4.78, 5) is 29.7. The highest BCUT2D eigenvalue weighted by Crippen LogP contribution is 2.37. The number of likely N-dealkylation sites (N-methyl/N-ethyl adjacent to an activating group) is 1. The molecule has 2 atom stereocenters. The van der Waals surface area contributed by atoms with Gasteiger partial charge in [-0.05, 0) is 37.6 Å². The number of anilines is 2. The zero-order valence-corrected chi connectivity index (χ0v) is 18.6. The van der Waals surface area contributed by atoms with Crippen molar-refractivity contribution in [3.05, 3.63) is 48.5 Å². The number of hydrogen-bond donors (Lipinski definition) is 2. The quantitative estimate of drug-likeness (QED) is 0.711. The van der Waals surface area contributed by atoms with Gasteiger partial charge in [0.15, 0.2) is 13.1 Å². The van der Waals surface area contributed by atoms with E-state index in [4.69, 9.17) is 4.74 Å². The molecule has 0 aromatic heterocycles. The Bertz CT molecular complexity index is 890. The molecule has 30 heavy (non-hydrogen) atoms. The predicted octanol–water partition coefficient (Wildman–Crippen LogP) is 2.46. The van der Waals surface area contributed by atoms with Gasteiger partial charge in [0.2, 0.25) is 0 Å². The Morgan fingerprint density at radius 1 is 1.20 bits per heavy atom. The molecule has 0 radical (unpaired) electrons. The zero-order chi connectivity index (χ0) is 21.5. The van der Waals surface area contributed by atoms with Crippen molar-refractivity contribution in [2.45, 2.75) is 30.4 Å². The summed E-state index contributed by atoms with van der Waals surface area (Å²) >= 11 is 1.82. The first-order valence-electron chi connectivity index (χ1n) is 10.3. The van der Waals surface area contributed by atoms with Gasteiger partial charge in [0.1, 0.15) is 5.75 Å². The Labute approximate surface area is 182 Å². The third kappa shape index (κ3) is 5.77. The monoisotopic (exact) mass is 428 g/mol. The van der Waals surface area contributed by atoms with E-state index >= 15 is 0 Å². The van der Waals surface area contributed by atoms with Gasteiger partial charge in [0.25, 0.3) is 11.8 Å². The van der Waals surface area contributed by atoms with Gasteiger partial charge in [0.05, 0.1) is 19.3 Å². The van der Waals surface area contributed by atoms with Crippen LogP contribution in [0.1, 0.15) is 20.3 Å². The first-order valence-corrected chi connectivity index (χ1v) is 11.2. The number of para-hydroxylation sites is 1. The topological polar surface area (TPSA) is 63.1 Å². The smallest absolute Gasteiger partial charge is 0.282 e. The highest BCUT2D eigenvalue weighted by Gasteiger charge is 2.27. The number of ether oxygens (including phenoxy) is 1. The van der Waals surface area contributed by atoms with Crippen molar-refractivity contribution in [3.63, 3.8) is 0 Å². The summed E-state index contributed by atoms with van der Waals surface area (Å²) in [5.74, 6) is 0.631. The fraction of sp³-hybridized carbons (Fsp3) is 0.391. The van der Waals surface area contributed by atoms with Gasteiger partial charge in [-0.1, -0.05) is 25.1 Å². The molecule has 0 bridgehead atoms. The second kappa shape index (κ2) is 10.5. The lowest BCUT2D eigenvalue weighted by molar-refractivity contribution is -0.881. The third-order valence-corrected chi connectivity index (χ3v) is 6.45. The molecule has 0 saturated heterocycles. The maximum atomic E-state index is 13.2. The van der Waals surface area contributed by atoms with Crippen LogP contribution in [-0.2, 0) is 9.59 Å². The van der Waals surface area contributed by atoms with Crippen LogP contribution in [0.3, 0.4) is 0 Å². The lowest BCUT2D eigenvalue weighted by atomic mass is 10.2. The van der Waals surface area contributed by atoms with E-state index < -0.39 is 0 Å².